The van der Waals surface area contributed by atoms with Gasteiger partial charge in [-0.15, -0.1) is 11.3 Å². The Labute approximate surface area is 148 Å². The number of carbonyl (C=O) groups excluding carboxylic acids is 2. The van der Waals surface area contributed by atoms with Gasteiger partial charge in [-0.05, 0) is 63.7 Å². The van der Waals surface area contributed by atoms with Crippen LogP contribution in [-0.2, 0) is 9.53 Å². The first kappa shape index (κ1) is 18.9. The van der Waals surface area contributed by atoms with Crippen molar-refractivity contribution in [1.29, 1.82) is 0 Å². The minimum Gasteiger partial charge on any atom is -0.466 e. The number of hydrogen-bond donors (Lipinski definition) is 0. The molecular formula is C18H28N2O3S. The molecule has 2 rings (SSSR count). The highest BCUT2D eigenvalue weighted by molar-refractivity contribution is 7.12. The molecule has 0 aliphatic carbocycles. The van der Waals surface area contributed by atoms with E-state index in [0.717, 1.165) is 24.3 Å². The third kappa shape index (κ3) is 6.24. The van der Waals surface area contributed by atoms with E-state index >= 15 is 0 Å². The Bertz CT molecular complexity index is 498. The first-order valence-corrected chi connectivity index (χ1v) is 9.79. The number of rotatable bonds is 10. The zero-order valence-corrected chi connectivity index (χ0v) is 15.4. The smallest absolute Gasteiger partial charge is 0.307 e. The zero-order chi connectivity index (χ0) is 17.2. The lowest BCUT2D eigenvalue weighted by molar-refractivity contribution is -0.143. The molecule has 5 nitrogen and oxygen atoms in total. The Kier molecular flexibility index (Phi) is 8.25. The second-order valence-electron chi connectivity index (χ2n) is 6.08. The lowest BCUT2D eigenvalue weighted by Crippen LogP contribution is -2.34. The fourth-order valence-electron chi connectivity index (χ4n) is 2.97. The molecule has 0 spiro atoms. The highest BCUT2D eigenvalue weighted by atomic mass is 32.1. The van der Waals surface area contributed by atoms with Gasteiger partial charge in [0.1, 0.15) is 0 Å². The van der Waals surface area contributed by atoms with Crippen molar-refractivity contribution in [1.82, 2.24) is 9.80 Å². The van der Waals surface area contributed by atoms with E-state index in [1.165, 1.54) is 37.3 Å². The van der Waals surface area contributed by atoms with Gasteiger partial charge in [0.05, 0.1) is 17.9 Å². The third-order valence-corrected chi connectivity index (χ3v) is 5.12. The number of nitrogens with zero attached hydrogens (tertiary/aromatic N) is 2. The van der Waals surface area contributed by atoms with Crippen LogP contribution in [-0.4, -0.2) is 61.0 Å². The summed E-state index contributed by atoms with van der Waals surface area (Å²) in [4.78, 5) is 29.2. The van der Waals surface area contributed by atoms with Crippen LogP contribution in [0.15, 0.2) is 17.5 Å². The molecule has 1 aliphatic rings. The van der Waals surface area contributed by atoms with Gasteiger partial charge in [0, 0.05) is 13.1 Å². The van der Waals surface area contributed by atoms with Crippen molar-refractivity contribution in [2.24, 2.45) is 0 Å². The summed E-state index contributed by atoms with van der Waals surface area (Å²) >= 11 is 1.45. The van der Waals surface area contributed by atoms with E-state index in [2.05, 4.69) is 4.90 Å². The van der Waals surface area contributed by atoms with Crippen molar-refractivity contribution in [3.05, 3.63) is 22.4 Å². The van der Waals surface area contributed by atoms with Crippen LogP contribution in [0.1, 0.15) is 48.7 Å². The van der Waals surface area contributed by atoms with Gasteiger partial charge < -0.3 is 14.5 Å². The molecule has 0 atom stereocenters. The second kappa shape index (κ2) is 10.5. The summed E-state index contributed by atoms with van der Waals surface area (Å²) in [6.07, 6.45) is 4.94. The number of amides is 1. The number of hydrogen-bond acceptors (Lipinski definition) is 5. The average Bonchev–Trinajstić information content (AvgIpc) is 3.27. The standard InChI is InChI=1S/C18H28N2O3S/c1-2-23-17(21)9-14-20(18(22)16-8-7-15-24-16)13-6-5-12-19-10-3-4-11-19/h7-8,15H,2-6,9-14H2,1H3. The van der Waals surface area contributed by atoms with E-state index in [4.69, 9.17) is 4.74 Å². The van der Waals surface area contributed by atoms with E-state index < -0.39 is 0 Å². The maximum Gasteiger partial charge on any atom is 0.307 e. The number of ether oxygens (including phenoxy) is 1. The number of thiophene rings is 1. The molecule has 1 aromatic heterocycles. The van der Waals surface area contributed by atoms with Crippen LogP contribution in [0.5, 0.6) is 0 Å². The molecule has 1 fully saturated rings. The largest absolute Gasteiger partial charge is 0.466 e. The third-order valence-electron chi connectivity index (χ3n) is 4.26. The monoisotopic (exact) mass is 352 g/mol. The van der Waals surface area contributed by atoms with Crippen molar-refractivity contribution in [3.8, 4) is 0 Å². The predicted octanol–water partition coefficient (Wildman–Crippen LogP) is 3.02. The molecule has 0 saturated carbocycles. The van der Waals surface area contributed by atoms with Gasteiger partial charge in [-0.3, -0.25) is 9.59 Å². The normalized spacial score (nSPS) is 14.7. The molecule has 1 aliphatic heterocycles. The molecule has 0 bridgehead atoms. The summed E-state index contributed by atoms with van der Waals surface area (Å²) in [5, 5.41) is 1.91. The molecule has 1 amide bonds. The molecule has 1 aromatic rings. The van der Waals surface area contributed by atoms with E-state index in [-0.39, 0.29) is 18.3 Å². The van der Waals surface area contributed by atoms with Crippen molar-refractivity contribution >= 4 is 23.2 Å². The van der Waals surface area contributed by atoms with Crippen LogP contribution in [0.4, 0.5) is 0 Å². The van der Waals surface area contributed by atoms with Gasteiger partial charge in [-0.1, -0.05) is 6.07 Å². The molecule has 0 radical (unpaired) electrons. The first-order chi connectivity index (χ1) is 11.7. The van der Waals surface area contributed by atoms with Crippen molar-refractivity contribution in [3.63, 3.8) is 0 Å². The first-order valence-electron chi connectivity index (χ1n) is 8.91. The summed E-state index contributed by atoms with van der Waals surface area (Å²) in [5.41, 5.74) is 0. The second-order valence-corrected chi connectivity index (χ2v) is 7.03. The van der Waals surface area contributed by atoms with Crippen molar-refractivity contribution < 1.29 is 14.3 Å². The van der Waals surface area contributed by atoms with Crippen molar-refractivity contribution in [2.75, 3.05) is 39.3 Å². The highest BCUT2D eigenvalue weighted by Crippen LogP contribution is 2.14. The molecule has 24 heavy (non-hydrogen) atoms. The van der Waals surface area contributed by atoms with Gasteiger partial charge in [-0.25, -0.2) is 0 Å². The van der Waals surface area contributed by atoms with Crippen LogP contribution in [0.3, 0.4) is 0 Å². The molecule has 134 valence electrons. The molecule has 0 aromatic carbocycles. The predicted molar refractivity (Wildman–Crippen MR) is 96.4 cm³/mol. The van der Waals surface area contributed by atoms with Crippen LogP contribution in [0, 0.1) is 0 Å². The number of esters is 1. The SMILES string of the molecule is CCOC(=O)CCN(CCCCN1CCCC1)C(=O)c1cccs1. The number of likely N-dealkylation sites (tertiary alicyclic amines) is 1. The Morgan fingerprint density at radius 1 is 1.25 bits per heavy atom. The molecule has 6 heteroatoms. The molecule has 1 saturated heterocycles. The summed E-state index contributed by atoms with van der Waals surface area (Å²) in [6.45, 7) is 6.84. The Balaban J connectivity index is 1.79. The van der Waals surface area contributed by atoms with Crippen molar-refractivity contribution in [2.45, 2.75) is 39.0 Å². The van der Waals surface area contributed by atoms with Crippen LogP contribution < -0.4 is 0 Å². The average molecular weight is 352 g/mol. The van der Waals surface area contributed by atoms with Crippen LogP contribution >= 0.6 is 11.3 Å². The van der Waals surface area contributed by atoms with Crippen LogP contribution in [0.25, 0.3) is 0 Å². The lowest BCUT2D eigenvalue weighted by atomic mass is 10.2. The fourth-order valence-corrected chi connectivity index (χ4v) is 3.67. The van der Waals surface area contributed by atoms with Gasteiger partial charge in [0.15, 0.2) is 0 Å². The summed E-state index contributed by atoms with van der Waals surface area (Å²) < 4.78 is 4.97. The topological polar surface area (TPSA) is 49.9 Å². The highest BCUT2D eigenvalue weighted by Gasteiger charge is 2.18. The minimum absolute atomic E-state index is 0.0236. The summed E-state index contributed by atoms with van der Waals surface area (Å²) in [7, 11) is 0. The maximum absolute atomic E-state index is 12.6. The van der Waals surface area contributed by atoms with Gasteiger partial charge in [-0.2, -0.15) is 0 Å². The number of carbonyl (C=O) groups is 2. The summed E-state index contributed by atoms with van der Waals surface area (Å²) in [6, 6.07) is 3.73. The minimum atomic E-state index is -0.237. The van der Waals surface area contributed by atoms with E-state index in [0.29, 0.717) is 19.7 Å². The Hall–Kier alpha value is -1.40. The van der Waals surface area contributed by atoms with E-state index in [1.54, 1.807) is 11.8 Å². The Morgan fingerprint density at radius 3 is 2.71 bits per heavy atom. The molecular weight excluding hydrogens is 324 g/mol. The summed E-state index contributed by atoms with van der Waals surface area (Å²) in [5.74, 6) is -0.214. The quantitative estimate of drug-likeness (QED) is 0.480. The fraction of sp³-hybridized carbons (Fsp3) is 0.667. The maximum atomic E-state index is 12.6. The molecule has 2 heterocycles. The van der Waals surface area contributed by atoms with Gasteiger partial charge in [0.2, 0.25) is 0 Å². The molecule has 0 N–H and O–H groups in total. The van der Waals surface area contributed by atoms with E-state index in [1.807, 2.05) is 17.5 Å². The van der Waals surface area contributed by atoms with Gasteiger partial charge >= 0.3 is 5.97 Å². The number of unbranched alkanes of at least 4 members (excludes halogenated alkanes) is 1. The van der Waals surface area contributed by atoms with Crippen LogP contribution in [0.2, 0.25) is 0 Å². The lowest BCUT2D eigenvalue weighted by Gasteiger charge is -2.22. The molecule has 0 unspecified atom stereocenters. The zero-order valence-electron chi connectivity index (χ0n) is 14.5. The van der Waals surface area contributed by atoms with Gasteiger partial charge in [0.25, 0.3) is 5.91 Å². The van der Waals surface area contributed by atoms with E-state index in [9.17, 15) is 9.59 Å². The Morgan fingerprint density at radius 2 is 2.04 bits per heavy atom.